The minimum atomic E-state index is -0.258. The predicted molar refractivity (Wildman–Crippen MR) is 75.4 cm³/mol. The molecular formula is C14H22N2O3. The number of nitrogens with one attached hydrogen (secondary N) is 2. The monoisotopic (exact) mass is 266 g/mol. The summed E-state index contributed by atoms with van der Waals surface area (Å²) in [6, 6.07) is 7.16. The van der Waals surface area contributed by atoms with E-state index in [1.54, 1.807) is 31.4 Å². The minimum Gasteiger partial charge on any atom is -0.497 e. The smallest absolute Gasteiger partial charge is 0.238 e. The van der Waals surface area contributed by atoms with Crippen LogP contribution in [0.4, 0.5) is 5.69 Å². The van der Waals surface area contributed by atoms with Gasteiger partial charge in [0.2, 0.25) is 5.91 Å². The van der Waals surface area contributed by atoms with Crippen molar-refractivity contribution in [2.75, 3.05) is 25.6 Å². The number of amides is 1. The fourth-order valence-corrected chi connectivity index (χ4v) is 1.57. The van der Waals surface area contributed by atoms with Gasteiger partial charge < -0.3 is 20.5 Å². The summed E-state index contributed by atoms with van der Waals surface area (Å²) in [6.45, 7) is 4.20. The number of carbonyl (C=O) groups is 1. The average molecular weight is 266 g/mol. The third-order valence-corrected chi connectivity index (χ3v) is 2.84. The van der Waals surface area contributed by atoms with E-state index in [0.29, 0.717) is 6.42 Å². The van der Waals surface area contributed by atoms with Crippen LogP contribution >= 0.6 is 0 Å². The van der Waals surface area contributed by atoms with Crippen LogP contribution in [0.5, 0.6) is 5.75 Å². The van der Waals surface area contributed by atoms with Crippen molar-refractivity contribution in [3.8, 4) is 5.75 Å². The number of rotatable bonds is 7. The zero-order valence-corrected chi connectivity index (χ0v) is 11.7. The number of carbonyl (C=O) groups excluding carboxylic acids is 1. The van der Waals surface area contributed by atoms with Crippen molar-refractivity contribution in [1.29, 1.82) is 0 Å². The number of methoxy groups -OCH3 is 1. The van der Waals surface area contributed by atoms with Crippen molar-refractivity contribution in [2.24, 2.45) is 0 Å². The van der Waals surface area contributed by atoms with Crippen LogP contribution in [0, 0.1) is 0 Å². The highest BCUT2D eigenvalue weighted by molar-refractivity contribution is 5.92. The number of hydrogen-bond donors (Lipinski definition) is 3. The molecule has 0 radical (unpaired) electrons. The highest BCUT2D eigenvalue weighted by atomic mass is 16.5. The second-order valence-electron chi connectivity index (χ2n) is 4.99. The fourth-order valence-electron chi connectivity index (χ4n) is 1.57. The number of ether oxygens (including phenoxy) is 1. The number of hydrogen-bond acceptors (Lipinski definition) is 4. The molecule has 1 aromatic rings. The van der Waals surface area contributed by atoms with E-state index in [1.165, 1.54) is 0 Å². The maximum atomic E-state index is 11.8. The molecule has 0 aliphatic rings. The second-order valence-corrected chi connectivity index (χ2v) is 4.99. The maximum absolute atomic E-state index is 11.8. The molecule has 19 heavy (non-hydrogen) atoms. The molecule has 0 bridgehead atoms. The lowest BCUT2D eigenvalue weighted by Gasteiger charge is -2.25. The van der Waals surface area contributed by atoms with Crippen LogP contribution in [0.2, 0.25) is 0 Å². The summed E-state index contributed by atoms with van der Waals surface area (Å²) in [5, 5.41) is 14.8. The van der Waals surface area contributed by atoms with Crippen molar-refractivity contribution in [3.05, 3.63) is 24.3 Å². The minimum absolute atomic E-state index is 0.0973. The Morgan fingerprint density at radius 1 is 1.32 bits per heavy atom. The van der Waals surface area contributed by atoms with Crippen molar-refractivity contribution < 1.29 is 14.6 Å². The lowest BCUT2D eigenvalue weighted by atomic mass is 10.0. The van der Waals surface area contributed by atoms with E-state index < -0.39 is 0 Å². The SMILES string of the molecule is COc1ccc(NC(=O)CNC(C)(C)CCO)cc1. The van der Waals surface area contributed by atoms with Crippen LogP contribution in [-0.4, -0.2) is 36.8 Å². The van der Waals surface area contributed by atoms with Gasteiger partial charge in [-0.1, -0.05) is 0 Å². The molecule has 0 saturated carbocycles. The summed E-state index contributed by atoms with van der Waals surface area (Å²) in [4.78, 5) is 11.8. The molecule has 0 aromatic heterocycles. The summed E-state index contributed by atoms with van der Waals surface area (Å²) in [6.07, 6.45) is 0.600. The van der Waals surface area contributed by atoms with Crippen molar-refractivity contribution >= 4 is 11.6 Å². The lowest BCUT2D eigenvalue weighted by Crippen LogP contribution is -2.44. The Balaban J connectivity index is 2.42. The first kappa shape index (κ1) is 15.5. The van der Waals surface area contributed by atoms with Crippen molar-refractivity contribution in [3.63, 3.8) is 0 Å². The Labute approximate surface area is 114 Å². The zero-order valence-electron chi connectivity index (χ0n) is 11.7. The van der Waals surface area contributed by atoms with Gasteiger partial charge in [0.25, 0.3) is 0 Å². The number of benzene rings is 1. The Kier molecular flexibility index (Phi) is 5.79. The van der Waals surface area contributed by atoms with Crippen LogP contribution in [0.3, 0.4) is 0 Å². The molecule has 0 atom stereocenters. The molecule has 1 aromatic carbocycles. The highest BCUT2D eigenvalue weighted by Crippen LogP contribution is 2.14. The van der Waals surface area contributed by atoms with E-state index in [0.717, 1.165) is 11.4 Å². The topological polar surface area (TPSA) is 70.6 Å². The normalized spacial score (nSPS) is 11.2. The average Bonchev–Trinajstić information content (AvgIpc) is 2.37. The third kappa shape index (κ3) is 5.72. The van der Waals surface area contributed by atoms with E-state index in [4.69, 9.17) is 9.84 Å². The van der Waals surface area contributed by atoms with Crippen LogP contribution in [0.25, 0.3) is 0 Å². The molecule has 5 nitrogen and oxygen atoms in total. The quantitative estimate of drug-likeness (QED) is 0.697. The first-order valence-corrected chi connectivity index (χ1v) is 6.26. The molecule has 5 heteroatoms. The van der Waals surface area contributed by atoms with Crippen molar-refractivity contribution in [1.82, 2.24) is 5.32 Å². The molecule has 0 aliphatic carbocycles. The molecule has 3 N–H and O–H groups in total. The molecule has 0 saturated heterocycles. The van der Waals surface area contributed by atoms with Gasteiger partial charge in [0.05, 0.1) is 13.7 Å². The van der Waals surface area contributed by atoms with Crippen LogP contribution in [-0.2, 0) is 4.79 Å². The molecule has 1 amide bonds. The molecule has 1 rings (SSSR count). The summed E-state index contributed by atoms with van der Waals surface area (Å²) in [5.74, 6) is 0.636. The summed E-state index contributed by atoms with van der Waals surface area (Å²) in [7, 11) is 1.60. The summed E-state index contributed by atoms with van der Waals surface area (Å²) >= 11 is 0. The molecule has 0 heterocycles. The van der Waals surface area contributed by atoms with Crippen LogP contribution < -0.4 is 15.4 Å². The molecule has 0 spiro atoms. The van der Waals surface area contributed by atoms with Gasteiger partial charge in [0.15, 0.2) is 0 Å². The molecule has 0 aliphatic heterocycles. The van der Waals surface area contributed by atoms with Gasteiger partial charge in [0, 0.05) is 17.8 Å². The van der Waals surface area contributed by atoms with E-state index in [2.05, 4.69) is 10.6 Å². The Bertz CT molecular complexity index is 402. The van der Waals surface area contributed by atoms with Gasteiger partial charge in [-0.2, -0.15) is 0 Å². The standard InChI is InChI=1S/C14H22N2O3/c1-14(2,8-9-17)15-10-13(18)16-11-4-6-12(19-3)7-5-11/h4-7,15,17H,8-10H2,1-3H3,(H,16,18). The van der Waals surface area contributed by atoms with Crippen LogP contribution in [0.1, 0.15) is 20.3 Å². The van der Waals surface area contributed by atoms with E-state index in [9.17, 15) is 4.79 Å². The van der Waals surface area contributed by atoms with Gasteiger partial charge in [0.1, 0.15) is 5.75 Å². The predicted octanol–water partition coefficient (Wildman–Crippen LogP) is 1.38. The molecule has 0 unspecified atom stereocenters. The maximum Gasteiger partial charge on any atom is 0.238 e. The largest absolute Gasteiger partial charge is 0.497 e. The van der Waals surface area contributed by atoms with E-state index >= 15 is 0 Å². The first-order chi connectivity index (χ1) is 8.96. The zero-order chi connectivity index (χ0) is 14.3. The second kappa shape index (κ2) is 7.11. The molecular weight excluding hydrogens is 244 g/mol. The van der Waals surface area contributed by atoms with Gasteiger partial charge in [-0.25, -0.2) is 0 Å². The fraction of sp³-hybridized carbons (Fsp3) is 0.500. The first-order valence-electron chi connectivity index (χ1n) is 6.26. The van der Waals surface area contributed by atoms with Crippen molar-refractivity contribution in [2.45, 2.75) is 25.8 Å². The lowest BCUT2D eigenvalue weighted by molar-refractivity contribution is -0.115. The highest BCUT2D eigenvalue weighted by Gasteiger charge is 2.17. The van der Waals surface area contributed by atoms with Gasteiger partial charge in [-0.15, -0.1) is 0 Å². The van der Waals surface area contributed by atoms with Gasteiger partial charge in [-0.05, 0) is 44.5 Å². The Morgan fingerprint density at radius 3 is 2.47 bits per heavy atom. The number of aliphatic hydroxyl groups excluding tert-OH is 1. The molecule has 0 fully saturated rings. The van der Waals surface area contributed by atoms with Crippen LogP contribution in [0.15, 0.2) is 24.3 Å². The Hall–Kier alpha value is -1.59. The Morgan fingerprint density at radius 2 is 1.95 bits per heavy atom. The third-order valence-electron chi connectivity index (χ3n) is 2.84. The summed E-state index contributed by atoms with van der Waals surface area (Å²) in [5.41, 5.74) is 0.471. The van der Waals surface area contributed by atoms with E-state index in [1.807, 2.05) is 13.8 Å². The van der Waals surface area contributed by atoms with Gasteiger partial charge >= 0.3 is 0 Å². The number of aliphatic hydroxyl groups is 1. The van der Waals surface area contributed by atoms with Gasteiger partial charge in [-0.3, -0.25) is 4.79 Å². The number of anilines is 1. The van der Waals surface area contributed by atoms with E-state index in [-0.39, 0.29) is 24.6 Å². The summed E-state index contributed by atoms with van der Waals surface area (Å²) < 4.78 is 5.04. The molecule has 106 valence electrons.